The van der Waals surface area contributed by atoms with Crippen LogP contribution in [0.3, 0.4) is 0 Å². The number of aryl methyl sites for hydroxylation is 1. The van der Waals surface area contributed by atoms with Crippen LogP contribution in [0, 0.1) is 30.1 Å². The molecule has 1 saturated carbocycles. The van der Waals surface area contributed by atoms with E-state index in [9.17, 15) is 9.90 Å². The molecule has 4 N–H and O–H groups in total. The predicted octanol–water partition coefficient (Wildman–Crippen LogP) is 3.38. The molecule has 1 aliphatic carbocycles. The van der Waals surface area contributed by atoms with Crippen molar-refractivity contribution in [2.75, 3.05) is 11.1 Å². The van der Waals surface area contributed by atoms with Gasteiger partial charge in [0.2, 0.25) is 5.91 Å². The Morgan fingerprint density at radius 3 is 2.82 bits per heavy atom. The molecule has 140 valence electrons. The van der Waals surface area contributed by atoms with Gasteiger partial charge in [0.15, 0.2) is 0 Å². The first-order valence-electron chi connectivity index (χ1n) is 9.12. The Morgan fingerprint density at radius 1 is 1.36 bits per heavy atom. The molecule has 0 aliphatic heterocycles. The number of nitrogens with two attached hydrogens (primary N) is 1. The van der Waals surface area contributed by atoms with E-state index in [2.05, 4.69) is 16.4 Å². The third kappa shape index (κ3) is 3.06. The summed E-state index contributed by atoms with van der Waals surface area (Å²) in [7, 11) is 0. The smallest absolute Gasteiger partial charge is 0.230 e. The van der Waals surface area contributed by atoms with Crippen molar-refractivity contribution in [1.29, 1.82) is 5.26 Å². The topological polar surface area (TPSA) is 112 Å². The molecule has 3 aromatic rings. The zero-order valence-corrected chi connectivity index (χ0v) is 15.4. The molecular formula is C22H20N4O2. The highest BCUT2D eigenvalue weighted by molar-refractivity contribution is 6.02. The quantitative estimate of drug-likeness (QED) is 0.608. The molecule has 0 unspecified atom stereocenters. The Bertz CT molecular complexity index is 1130. The number of carbonyl (C=O) groups is 1. The lowest BCUT2D eigenvalue weighted by Crippen LogP contribution is -2.15. The summed E-state index contributed by atoms with van der Waals surface area (Å²) in [4.78, 5) is 16.5. The molecule has 1 amide bonds. The van der Waals surface area contributed by atoms with Gasteiger partial charge in [-0.2, -0.15) is 5.26 Å². The largest absolute Gasteiger partial charge is 0.398 e. The maximum atomic E-state index is 12.2. The van der Waals surface area contributed by atoms with Crippen LogP contribution in [0.1, 0.15) is 17.5 Å². The van der Waals surface area contributed by atoms with E-state index in [0.29, 0.717) is 23.5 Å². The van der Waals surface area contributed by atoms with Gasteiger partial charge in [0.1, 0.15) is 5.82 Å². The summed E-state index contributed by atoms with van der Waals surface area (Å²) in [6, 6.07) is 13.8. The highest BCUT2D eigenvalue weighted by Gasteiger charge is 2.43. The lowest BCUT2D eigenvalue weighted by molar-refractivity contribution is -0.117. The Kier molecular flexibility index (Phi) is 4.46. The molecule has 0 spiro atoms. The molecule has 6 nitrogen and oxygen atoms in total. The maximum absolute atomic E-state index is 12.2. The molecular weight excluding hydrogens is 352 g/mol. The lowest BCUT2D eigenvalue weighted by Gasteiger charge is -2.16. The number of aliphatic hydroxyl groups is 1. The van der Waals surface area contributed by atoms with Gasteiger partial charge in [-0.25, -0.2) is 4.98 Å². The van der Waals surface area contributed by atoms with Gasteiger partial charge in [-0.3, -0.25) is 4.79 Å². The maximum Gasteiger partial charge on any atom is 0.230 e. The summed E-state index contributed by atoms with van der Waals surface area (Å²) in [5, 5.41) is 23.1. The molecule has 1 heterocycles. The highest BCUT2D eigenvalue weighted by atomic mass is 16.3. The van der Waals surface area contributed by atoms with Crippen LogP contribution in [0.25, 0.3) is 21.9 Å². The first kappa shape index (κ1) is 18.0. The fraction of sp³-hybridized carbons (Fsp3) is 0.227. The molecule has 1 fully saturated rings. The number of carbonyl (C=O) groups excluding carboxylic acids is 1. The van der Waals surface area contributed by atoms with E-state index in [0.717, 1.165) is 27.5 Å². The van der Waals surface area contributed by atoms with Gasteiger partial charge in [-0.15, -0.1) is 0 Å². The number of rotatable bonds is 4. The number of nitriles is 1. The van der Waals surface area contributed by atoms with Gasteiger partial charge in [0, 0.05) is 22.8 Å². The molecule has 6 heteroatoms. The van der Waals surface area contributed by atoms with Crippen molar-refractivity contribution in [3.05, 3.63) is 53.7 Å². The van der Waals surface area contributed by atoms with E-state index >= 15 is 0 Å². The van der Waals surface area contributed by atoms with Crippen molar-refractivity contribution in [3.8, 4) is 17.2 Å². The third-order valence-corrected chi connectivity index (χ3v) is 5.31. The number of pyridine rings is 1. The van der Waals surface area contributed by atoms with E-state index in [1.807, 2.05) is 37.3 Å². The van der Waals surface area contributed by atoms with Crippen molar-refractivity contribution in [2.24, 2.45) is 11.8 Å². The van der Waals surface area contributed by atoms with Crippen molar-refractivity contribution in [2.45, 2.75) is 20.0 Å². The minimum atomic E-state index is -0.258. The van der Waals surface area contributed by atoms with Crippen molar-refractivity contribution in [3.63, 3.8) is 0 Å². The number of hydrogen-bond donors (Lipinski definition) is 3. The average Bonchev–Trinajstić information content (AvgIpc) is 3.48. The summed E-state index contributed by atoms with van der Waals surface area (Å²) >= 11 is 0. The molecule has 0 bridgehead atoms. The second kappa shape index (κ2) is 6.95. The number of amides is 1. The Hall–Kier alpha value is -3.43. The molecule has 1 aliphatic rings. The van der Waals surface area contributed by atoms with Crippen molar-refractivity contribution >= 4 is 28.2 Å². The number of fused-ring (bicyclic) bond motifs is 1. The molecule has 1 aromatic heterocycles. The summed E-state index contributed by atoms with van der Waals surface area (Å²) in [5.74, 6) is -0.215. The lowest BCUT2D eigenvalue weighted by atomic mass is 9.92. The molecule has 2 atom stereocenters. The first-order valence-corrected chi connectivity index (χ1v) is 9.12. The Balaban J connectivity index is 1.77. The van der Waals surface area contributed by atoms with Crippen LogP contribution >= 0.6 is 0 Å². The van der Waals surface area contributed by atoms with Gasteiger partial charge in [0.25, 0.3) is 0 Å². The number of benzene rings is 2. The predicted molar refractivity (Wildman–Crippen MR) is 108 cm³/mol. The highest BCUT2D eigenvalue weighted by Crippen LogP contribution is 2.39. The number of aliphatic hydroxyl groups excluding tert-OH is 1. The number of nitrogen functional groups attached to an aromatic ring is 1. The summed E-state index contributed by atoms with van der Waals surface area (Å²) in [5.41, 5.74) is 10.4. The van der Waals surface area contributed by atoms with E-state index in [1.165, 1.54) is 0 Å². The number of anilines is 2. The minimum Gasteiger partial charge on any atom is -0.398 e. The van der Waals surface area contributed by atoms with Crippen LogP contribution in [0.4, 0.5) is 11.5 Å². The minimum absolute atomic E-state index is 0.179. The molecule has 28 heavy (non-hydrogen) atoms. The Labute approximate surface area is 162 Å². The monoisotopic (exact) mass is 372 g/mol. The molecule has 0 radical (unpaired) electrons. The summed E-state index contributed by atoms with van der Waals surface area (Å²) < 4.78 is 0. The van der Waals surface area contributed by atoms with Crippen LogP contribution in [0.5, 0.6) is 0 Å². The number of aromatic nitrogens is 1. The van der Waals surface area contributed by atoms with Gasteiger partial charge in [-0.1, -0.05) is 24.3 Å². The number of nitrogens with one attached hydrogen (secondary N) is 1. The van der Waals surface area contributed by atoms with Crippen LogP contribution in [0.2, 0.25) is 0 Å². The van der Waals surface area contributed by atoms with E-state index in [1.54, 1.807) is 12.3 Å². The van der Waals surface area contributed by atoms with E-state index in [-0.39, 0.29) is 24.3 Å². The van der Waals surface area contributed by atoms with E-state index < -0.39 is 0 Å². The average molecular weight is 372 g/mol. The Morgan fingerprint density at radius 2 is 2.14 bits per heavy atom. The zero-order valence-electron chi connectivity index (χ0n) is 15.4. The zero-order chi connectivity index (χ0) is 19.8. The summed E-state index contributed by atoms with van der Waals surface area (Å²) in [6.07, 6.45) is 2.20. The molecule has 0 saturated heterocycles. The SMILES string of the molecule is Cc1ccccc1-c1cc2cc(NC(=O)[C@@H]3C[C@H]3C#N)ncc2c(N)c1CO. The van der Waals surface area contributed by atoms with Crippen molar-refractivity contribution < 1.29 is 9.90 Å². The van der Waals surface area contributed by atoms with Gasteiger partial charge in [0.05, 0.1) is 24.5 Å². The van der Waals surface area contributed by atoms with Crippen LogP contribution in [-0.2, 0) is 11.4 Å². The van der Waals surface area contributed by atoms with Gasteiger partial charge >= 0.3 is 0 Å². The van der Waals surface area contributed by atoms with Crippen LogP contribution in [-0.4, -0.2) is 16.0 Å². The standard InChI is InChI=1S/C22H20N4O2/c1-12-4-2-3-5-15(12)17-6-13-8-20(26-22(28)16-7-14(16)9-23)25-10-18(13)21(24)19(17)11-27/h2-6,8,10,14,16,27H,7,11,24H2,1H3,(H,25,26,28)/t14-,16+/m0/s1. The first-order chi connectivity index (χ1) is 13.5. The van der Waals surface area contributed by atoms with Crippen LogP contribution < -0.4 is 11.1 Å². The number of hydrogen-bond acceptors (Lipinski definition) is 5. The fourth-order valence-electron chi connectivity index (χ4n) is 3.57. The van der Waals surface area contributed by atoms with Crippen molar-refractivity contribution in [1.82, 2.24) is 4.98 Å². The fourth-order valence-corrected chi connectivity index (χ4v) is 3.57. The normalized spacial score (nSPS) is 17.9. The molecule has 4 rings (SSSR count). The molecule has 2 aromatic carbocycles. The van der Waals surface area contributed by atoms with Gasteiger partial charge in [-0.05, 0) is 47.6 Å². The van der Waals surface area contributed by atoms with Crippen LogP contribution in [0.15, 0.2) is 42.6 Å². The summed E-state index contributed by atoms with van der Waals surface area (Å²) in [6.45, 7) is 1.83. The second-order valence-electron chi connectivity index (χ2n) is 7.15. The third-order valence-electron chi connectivity index (χ3n) is 5.31. The second-order valence-corrected chi connectivity index (χ2v) is 7.15. The van der Waals surface area contributed by atoms with E-state index in [4.69, 9.17) is 11.0 Å². The number of nitrogens with zero attached hydrogens (tertiary/aromatic N) is 2. The van der Waals surface area contributed by atoms with Gasteiger partial charge < -0.3 is 16.2 Å².